The molecule has 6 nitrogen and oxygen atoms in total. The Morgan fingerprint density at radius 3 is 2.80 bits per heavy atom. The van der Waals surface area contributed by atoms with Gasteiger partial charge in [0.05, 0.1) is 12.0 Å². The fourth-order valence-electron chi connectivity index (χ4n) is 2.58. The second kappa shape index (κ2) is 6.52. The number of hydrogen-bond acceptors (Lipinski definition) is 6. The van der Waals surface area contributed by atoms with Crippen LogP contribution in [0.25, 0.3) is 11.5 Å². The fourth-order valence-corrected chi connectivity index (χ4v) is 3.28. The van der Waals surface area contributed by atoms with Crippen molar-refractivity contribution in [2.45, 2.75) is 13.3 Å². The van der Waals surface area contributed by atoms with E-state index in [2.05, 4.69) is 15.4 Å². The van der Waals surface area contributed by atoms with E-state index in [0.29, 0.717) is 22.1 Å². The summed E-state index contributed by atoms with van der Waals surface area (Å²) in [6.07, 6.45) is 2.57. The molecule has 1 aliphatic heterocycles. The zero-order valence-corrected chi connectivity index (χ0v) is 14.4. The SMILES string of the molecule is CC1=NN(c2ccc(C(=O)Nc3nc(-c4ccco4)cs3)cc2)CC1. The van der Waals surface area contributed by atoms with E-state index >= 15 is 0 Å². The van der Waals surface area contributed by atoms with Crippen molar-refractivity contribution >= 4 is 33.8 Å². The fraction of sp³-hybridized carbons (Fsp3) is 0.167. The molecule has 4 rings (SSSR count). The van der Waals surface area contributed by atoms with Crippen molar-refractivity contribution in [3.63, 3.8) is 0 Å². The van der Waals surface area contributed by atoms with Gasteiger partial charge in [0.2, 0.25) is 0 Å². The van der Waals surface area contributed by atoms with Gasteiger partial charge in [0.15, 0.2) is 10.9 Å². The first-order valence-corrected chi connectivity index (χ1v) is 8.79. The molecule has 0 saturated carbocycles. The summed E-state index contributed by atoms with van der Waals surface area (Å²) in [4.78, 5) is 16.8. The normalized spacial score (nSPS) is 13.8. The van der Waals surface area contributed by atoms with Crippen LogP contribution in [0, 0.1) is 0 Å². The number of anilines is 2. The number of carbonyl (C=O) groups is 1. The summed E-state index contributed by atoms with van der Waals surface area (Å²) in [7, 11) is 0. The van der Waals surface area contributed by atoms with Gasteiger partial charge >= 0.3 is 0 Å². The quantitative estimate of drug-likeness (QED) is 0.762. The maximum Gasteiger partial charge on any atom is 0.257 e. The van der Waals surface area contributed by atoms with Crippen LogP contribution in [0.3, 0.4) is 0 Å². The Hall–Kier alpha value is -2.93. The smallest absolute Gasteiger partial charge is 0.257 e. The van der Waals surface area contributed by atoms with Crippen molar-refractivity contribution in [1.29, 1.82) is 0 Å². The molecule has 0 unspecified atom stereocenters. The van der Waals surface area contributed by atoms with Gasteiger partial charge in [-0.25, -0.2) is 4.98 Å². The third-order valence-electron chi connectivity index (χ3n) is 3.90. The first kappa shape index (κ1) is 15.6. The van der Waals surface area contributed by atoms with Crippen molar-refractivity contribution in [3.05, 3.63) is 53.6 Å². The predicted molar refractivity (Wildman–Crippen MR) is 99.3 cm³/mol. The highest BCUT2D eigenvalue weighted by molar-refractivity contribution is 7.14. The lowest BCUT2D eigenvalue weighted by atomic mass is 10.2. The summed E-state index contributed by atoms with van der Waals surface area (Å²) in [5.74, 6) is 0.496. The van der Waals surface area contributed by atoms with Crippen LogP contribution in [-0.2, 0) is 0 Å². The highest BCUT2D eigenvalue weighted by atomic mass is 32.1. The van der Waals surface area contributed by atoms with Gasteiger partial charge in [0, 0.05) is 29.6 Å². The van der Waals surface area contributed by atoms with E-state index < -0.39 is 0 Å². The van der Waals surface area contributed by atoms with Crippen LogP contribution < -0.4 is 10.3 Å². The monoisotopic (exact) mass is 352 g/mol. The molecule has 1 aromatic carbocycles. The Morgan fingerprint density at radius 1 is 1.28 bits per heavy atom. The van der Waals surface area contributed by atoms with Gasteiger partial charge in [-0.05, 0) is 43.3 Å². The van der Waals surface area contributed by atoms with E-state index in [1.165, 1.54) is 11.3 Å². The molecule has 1 N–H and O–H groups in total. The number of nitrogens with one attached hydrogen (secondary N) is 1. The summed E-state index contributed by atoms with van der Waals surface area (Å²) in [6.45, 7) is 2.90. The number of rotatable bonds is 4. The maximum atomic E-state index is 12.4. The van der Waals surface area contributed by atoms with E-state index in [0.717, 1.165) is 24.4 Å². The van der Waals surface area contributed by atoms with Crippen molar-refractivity contribution < 1.29 is 9.21 Å². The van der Waals surface area contributed by atoms with Gasteiger partial charge in [-0.15, -0.1) is 11.3 Å². The molecule has 0 radical (unpaired) electrons. The number of benzene rings is 1. The zero-order valence-electron chi connectivity index (χ0n) is 13.6. The van der Waals surface area contributed by atoms with Crippen molar-refractivity contribution in [2.75, 3.05) is 16.9 Å². The first-order valence-electron chi connectivity index (χ1n) is 7.91. The minimum atomic E-state index is -0.187. The van der Waals surface area contributed by atoms with Crippen molar-refractivity contribution in [2.24, 2.45) is 5.10 Å². The summed E-state index contributed by atoms with van der Waals surface area (Å²) in [5, 5.41) is 11.6. The third-order valence-corrected chi connectivity index (χ3v) is 4.66. The second-order valence-electron chi connectivity index (χ2n) is 5.72. The van der Waals surface area contributed by atoms with Gasteiger partial charge in [0.25, 0.3) is 5.91 Å². The van der Waals surface area contributed by atoms with E-state index in [4.69, 9.17) is 4.42 Å². The summed E-state index contributed by atoms with van der Waals surface area (Å²) < 4.78 is 5.31. The van der Waals surface area contributed by atoms with Crippen LogP contribution in [0.15, 0.2) is 57.6 Å². The molecule has 0 atom stereocenters. The lowest BCUT2D eigenvalue weighted by Crippen LogP contribution is -2.14. The Balaban J connectivity index is 1.44. The van der Waals surface area contributed by atoms with E-state index in [9.17, 15) is 4.79 Å². The van der Waals surface area contributed by atoms with Crippen LogP contribution in [0.4, 0.5) is 10.8 Å². The van der Waals surface area contributed by atoms with Gasteiger partial charge in [-0.1, -0.05) is 0 Å². The number of furan rings is 1. The Kier molecular flexibility index (Phi) is 4.07. The van der Waals surface area contributed by atoms with Crippen LogP contribution in [0.5, 0.6) is 0 Å². The van der Waals surface area contributed by atoms with Gasteiger partial charge < -0.3 is 4.42 Å². The largest absolute Gasteiger partial charge is 0.463 e. The summed E-state index contributed by atoms with van der Waals surface area (Å²) >= 11 is 1.37. The van der Waals surface area contributed by atoms with E-state index in [1.54, 1.807) is 24.5 Å². The molecule has 3 aromatic rings. The molecule has 3 heterocycles. The summed E-state index contributed by atoms with van der Waals surface area (Å²) in [5.41, 5.74) is 3.40. The molecule has 0 saturated heterocycles. The molecule has 0 fully saturated rings. The molecule has 0 bridgehead atoms. The number of hydrogen-bond donors (Lipinski definition) is 1. The van der Waals surface area contributed by atoms with Gasteiger partial charge in [-0.2, -0.15) is 5.10 Å². The number of nitrogens with zero attached hydrogens (tertiary/aromatic N) is 3. The minimum Gasteiger partial charge on any atom is -0.463 e. The molecule has 0 spiro atoms. The Morgan fingerprint density at radius 2 is 2.12 bits per heavy atom. The van der Waals surface area contributed by atoms with Crippen LogP contribution in [-0.4, -0.2) is 23.1 Å². The molecule has 1 amide bonds. The lowest BCUT2D eigenvalue weighted by Gasteiger charge is -2.13. The number of carbonyl (C=O) groups excluding carboxylic acids is 1. The third kappa shape index (κ3) is 3.32. The molecule has 0 aliphatic carbocycles. The topological polar surface area (TPSA) is 70.7 Å². The van der Waals surface area contributed by atoms with Crippen LogP contribution >= 0.6 is 11.3 Å². The standard InChI is InChI=1S/C18H16N4O2S/c1-12-8-9-22(21-12)14-6-4-13(5-7-14)17(23)20-18-19-15(11-25-18)16-3-2-10-24-16/h2-7,10-11H,8-9H2,1H3,(H,19,20,23). The molecular formula is C18H16N4O2S. The molecule has 25 heavy (non-hydrogen) atoms. The minimum absolute atomic E-state index is 0.187. The number of aromatic nitrogens is 1. The van der Waals surface area contributed by atoms with Crippen LogP contribution in [0.2, 0.25) is 0 Å². The highest BCUT2D eigenvalue weighted by Gasteiger charge is 2.14. The summed E-state index contributed by atoms with van der Waals surface area (Å²) in [6, 6.07) is 11.1. The molecular weight excluding hydrogens is 336 g/mol. The van der Waals surface area contributed by atoms with E-state index in [-0.39, 0.29) is 5.91 Å². The highest BCUT2D eigenvalue weighted by Crippen LogP contribution is 2.26. The average Bonchev–Trinajstić information content (AvgIpc) is 3.36. The maximum absolute atomic E-state index is 12.4. The van der Waals surface area contributed by atoms with Crippen molar-refractivity contribution in [1.82, 2.24) is 4.98 Å². The van der Waals surface area contributed by atoms with Crippen LogP contribution in [0.1, 0.15) is 23.7 Å². The number of amides is 1. The zero-order chi connectivity index (χ0) is 17.2. The molecule has 126 valence electrons. The van der Waals surface area contributed by atoms with Gasteiger partial charge in [-0.3, -0.25) is 15.1 Å². The molecule has 7 heteroatoms. The molecule has 2 aromatic heterocycles. The number of hydrazone groups is 1. The number of thiazole rings is 1. The predicted octanol–water partition coefficient (Wildman–Crippen LogP) is 4.24. The first-order chi connectivity index (χ1) is 12.2. The Labute approximate surface area is 148 Å². The molecule has 1 aliphatic rings. The lowest BCUT2D eigenvalue weighted by molar-refractivity contribution is 0.102. The van der Waals surface area contributed by atoms with E-state index in [1.807, 2.05) is 35.5 Å². The van der Waals surface area contributed by atoms with Crippen molar-refractivity contribution in [3.8, 4) is 11.5 Å². The average molecular weight is 352 g/mol. The van der Waals surface area contributed by atoms with Gasteiger partial charge in [0.1, 0.15) is 5.69 Å². The second-order valence-corrected chi connectivity index (χ2v) is 6.58. The Bertz CT molecular complexity index is 913.